The van der Waals surface area contributed by atoms with Gasteiger partial charge in [0.2, 0.25) is 5.88 Å². The highest BCUT2D eigenvalue weighted by atomic mass is 16.5. The van der Waals surface area contributed by atoms with Crippen LogP contribution in [0, 0.1) is 0 Å². The molecule has 0 N–H and O–H groups in total. The molecule has 1 heterocycles. The maximum Gasteiger partial charge on any atom is 0.232 e. The Labute approximate surface area is 95.5 Å². The fourth-order valence-corrected chi connectivity index (χ4v) is 1.72. The molecule has 0 aliphatic carbocycles. The van der Waals surface area contributed by atoms with Crippen molar-refractivity contribution in [3.05, 3.63) is 30.0 Å². The van der Waals surface area contributed by atoms with Crippen LogP contribution >= 0.6 is 0 Å². The first-order valence-electron chi connectivity index (χ1n) is 5.32. The lowest BCUT2D eigenvalue weighted by atomic mass is 9.86. The number of para-hydroxylation sites is 1. The van der Waals surface area contributed by atoms with Gasteiger partial charge in [0.15, 0.2) is 0 Å². The van der Waals surface area contributed by atoms with Crippen molar-refractivity contribution in [2.45, 2.75) is 26.2 Å². The zero-order valence-corrected chi connectivity index (χ0v) is 10.1. The number of benzene rings is 1. The first-order valence-corrected chi connectivity index (χ1v) is 5.32. The van der Waals surface area contributed by atoms with Crippen LogP contribution in [0.4, 0.5) is 0 Å². The molecule has 1 aromatic heterocycles. The monoisotopic (exact) mass is 216 g/mol. The summed E-state index contributed by atoms with van der Waals surface area (Å²) in [5.41, 5.74) is 3.08. The van der Waals surface area contributed by atoms with Crippen molar-refractivity contribution in [3.63, 3.8) is 0 Å². The summed E-state index contributed by atoms with van der Waals surface area (Å²) >= 11 is 0. The molecule has 0 aliphatic heterocycles. The second-order valence-corrected chi connectivity index (χ2v) is 4.84. The van der Waals surface area contributed by atoms with E-state index in [1.165, 1.54) is 5.56 Å². The van der Waals surface area contributed by atoms with Crippen molar-refractivity contribution in [2.24, 2.45) is 0 Å². The number of aromatic nitrogens is 2. The van der Waals surface area contributed by atoms with Crippen molar-refractivity contribution < 1.29 is 4.74 Å². The lowest BCUT2D eigenvalue weighted by Gasteiger charge is -2.20. The maximum atomic E-state index is 5.12. The van der Waals surface area contributed by atoms with E-state index in [4.69, 9.17) is 4.74 Å². The van der Waals surface area contributed by atoms with Crippen LogP contribution in [0.5, 0.6) is 5.88 Å². The van der Waals surface area contributed by atoms with E-state index in [1.807, 2.05) is 12.1 Å². The lowest BCUT2D eigenvalue weighted by molar-refractivity contribution is 0.397. The van der Waals surface area contributed by atoms with E-state index in [9.17, 15) is 0 Å². The Kier molecular flexibility index (Phi) is 2.54. The Bertz CT molecular complexity index is 515. The summed E-state index contributed by atoms with van der Waals surface area (Å²) < 4.78 is 5.12. The van der Waals surface area contributed by atoms with E-state index in [2.05, 4.69) is 36.8 Å². The van der Waals surface area contributed by atoms with Gasteiger partial charge in [-0.1, -0.05) is 32.9 Å². The summed E-state index contributed by atoms with van der Waals surface area (Å²) in [5, 5.41) is 0. The smallest absolute Gasteiger partial charge is 0.232 e. The molecule has 0 spiro atoms. The Morgan fingerprint density at radius 3 is 2.56 bits per heavy atom. The van der Waals surface area contributed by atoms with Gasteiger partial charge < -0.3 is 4.74 Å². The summed E-state index contributed by atoms with van der Waals surface area (Å²) in [6, 6.07) is 6.08. The number of hydrogen-bond acceptors (Lipinski definition) is 3. The number of hydrogen-bond donors (Lipinski definition) is 0. The van der Waals surface area contributed by atoms with Crippen molar-refractivity contribution in [3.8, 4) is 5.88 Å². The van der Waals surface area contributed by atoms with E-state index in [0.29, 0.717) is 5.88 Å². The standard InChI is InChI=1S/C13H16N2O/c1-13(2,3)9-6-5-7-10-12(9)15-11(16-4)8-14-10/h5-8H,1-4H3. The molecule has 2 rings (SSSR count). The highest BCUT2D eigenvalue weighted by Gasteiger charge is 2.18. The molecule has 16 heavy (non-hydrogen) atoms. The average molecular weight is 216 g/mol. The molecule has 1 aromatic carbocycles. The van der Waals surface area contributed by atoms with Gasteiger partial charge in [-0.25, -0.2) is 9.97 Å². The van der Waals surface area contributed by atoms with Gasteiger partial charge in [-0.2, -0.15) is 0 Å². The molecule has 0 atom stereocenters. The third-order valence-electron chi connectivity index (χ3n) is 2.57. The molecule has 0 saturated carbocycles. The number of methoxy groups -OCH3 is 1. The van der Waals surface area contributed by atoms with Gasteiger partial charge in [-0.15, -0.1) is 0 Å². The third-order valence-corrected chi connectivity index (χ3v) is 2.57. The molecule has 0 aliphatic rings. The quantitative estimate of drug-likeness (QED) is 0.735. The number of nitrogens with zero attached hydrogens (tertiary/aromatic N) is 2. The molecular formula is C13H16N2O. The second-order valence-electron chi connectivity index (χ2n) is 4.84. The minimum atomic E-state index is 0.0561. The predicted molar refractivity (Wildman–Crippen MR) is 64.8 cm³/mol. The van der Waals surface area contributed by atoms with Crippen molar-refractivity contribution >= 4 is 11.0 Å². The molecule has 3 nitrogen and oxygen atoms in total. The molecular weight excluding hydrogens is 200 g/mol. The van der Waals surface area contributed by atoms with Crippen molar-refractivity contribution in [1.29, 1.82) is 0 Å². The third kappa shape index (κ3) is 1.85. The van der Waals surface area contributed by atoms with Crippen LogP contribution in [-0.2, 0) is 5.41 Å². The van der Waals surface area contributed by atoms with Crippen LogP contribution in [-0.4, -0.2) is 17.1 Å². The molecule has 3 heteroatoms. The fourth-order valence-electron chi connectivity index (χ4n) is 1.72. The van der Waals surface area contributed by atoms with Crippen LogP contribution in [0.1, 0.15) is 26.3 Å². The molecule has 0 fully saturated rings. The summed E-state index contributed by atoms with van der Waals surface area (Å²) in [7, 11) is 1.61. The van der Waals surface area contributed by atoms with E-state index in [-0.39, 0.29) is 5.41 Å². The van der Waals surface area contributed by atoms with Crippen LogP contribution in [0.3, 0.4) is 0 Å². The number of ether oxygens (including phenoxy) is 1. The first kappa shape index (κ1) is 10.9. The summed E-state index contributed by atoms with van der Waals surface area (Å²) in [5.74, 6) is 0.559. The fraction of sp³-hybridized carbons (Fsp3) is 0.385. The maximum absolute atomic E-state index is 5.12. The van der Waals surface area contributed by atoms with Gasteiger partial charge in [0.1, 0.15) is 0 Å². The summed E-state index contributed by atoms with van der Waals surface area (Å²) in [4.78, 5) is 8.81. The minimum Gasteiger partial charge on any atom is -0.480 e. The topological polar surface area (TPSA) is 35.0 Å². The van der Waals surface area contributed by atoms with Gasteiger partial charge in [-0.3, -0.25) is 0 Å². The van der Waals surface area contributed by atoms with E-state index >= 15 is 0 Å². The van der Waals surface area contributed by atoms with Crippen LogP contribution in [0.15, 0.2) is 24.4 Å². The molecule has 0 unspecified atom stereocenters. The van der Waals surface area contributed by atoms with Crippen molar-refractivity contribution in [1.82, 2.24) is 9.97 Å². The normalized spacial score (nSPS) is 11.8. The summed E-state index contributed by atoms with van der Waals surface area (Å²) in [6.45, 7) is 6.51. The van der Waals surface area contributed by atoms with Gasteiger partial charge in [-0.05, 0) is 17.0 Å². The molecule has 2 aromatic rings. The van der Waals surface area contributed by atoms with Crippen LogP contribution in [0.25, 0.3) is 11.0 Å². The predicted octanol–water partition coefficient (Wildman–Crippen LogP) is 2.94. The van der Waals surface area contributed by atoms with E-state index < -0.39 is 0 Å². The Morgan fingerprint density at radius 2 is 1.94 bits per heavy atom. The second kappa shape index (κ2) is 3.74. The van der Waals surface area contributed by atoms with Gasteiger partial charge in [0.05, 0.1) is 24.3 Å². The summed E-state index contributed by atoms with van der Waals surface area (Å²) in [6.07, 6.45) is 1.65. The SMILES string of the molecule is COc1cnc2cccc(C(C)(C)C)c2n1. The Balaban J connectivity index is 2.74. The highest BCUT2D eigenvalue weighted by molar-refractivity contribution is 5.79. The molecule has 0 radical (unpaired) electrons. The average Bonchev–Trinajstić information content (AvgIpc) is 2.26. The highest BCUT2D eigenvalue weighted by Crippen LogP contribution is 2.28. The molecule has 0 bridgehead atoms. The Hall–Kier alpha value is -1.64. The largest absolute Gasteiger partial charge is 0.480 e. The minimum absolute atomic E-state index is 0.0561. The Morgan fingerprint density at radius 1 is 1.19 bits per heavy atom. The zero-order valence-electron chi connectivity index (χ0n) is 10.1. The molecule has 84 valence electrons. The first-order chi connectivity index (χ1) is 7.52. The van der Waals surface area contributed by atoms with Gasteiger partial charge in [0, 0.05) is 0 Å². The van der Waals surface area contributed by atoms with E-state index in [0.717, 1.165) is 11.0 Å². The number of rotatable bonds is 1. The van der Waals surface area contributed by atoms with Crippen LogP contribution in [0.2, 0.25) is 0 Å². The molecule has 0 amide bonds. The molecule has 0 saturated heterocycles. The van der Waals surface area contributed by atoms with Gasteiger partial charge >= 0.3 is 0 Å². The van der Waals surface area contributed by atoms with Crippen molar-refractivity contribution in [2.75, 3.05) is 7.11 Å². The zero-order chi connectivity index (χ0) is 11.8. The van der Waals surface area contributed by atoms with Gasteiger partial charge in [0.25, 0.3) is 0 Å². The number of fused-ring (bicyclic) bond motifs is 1. The van der Waals surface area contributed by atoms with Crippen LogP contribution < -0.4 is 4.74 Å². The van der Waals surface area contributed by atoms with E-state index in [1.54, 1.807) is 13.3 Å². The lowest BCUT2D eigenvalue weighted by Crippen LogP contribution is -2.12.